The maximum absolute atomic E-state index is 13.9. The smallest absolute Gasteiger partial charge is 0.328 e. The van der Waals surface area contributed by atoms with E-state index in [0.29, 0.717) is 0 Å². The van der Waals surface area contributed by atoms with Crippen LogP contribution in [0.5, 0.6) is 0 Å². The maximum atomic E-state index is 13.9. The lowest BCUT2D eigenvalue weighted by molar-refractivity contribution is -0.120. The van der Waals surface area contributed by atoms with Crippen molar-refractivity contribution in [3.8, 4) is 0 Å². The zero-order valence-corrected chi connectivity index (χ0v) is 9.37. The summed E-state index contributed by atoms with van der Waals surface area (Å²) in [5, 5.41) is 2.91. The average molecular weight is 247 g/mol. The molecule has 0 aliphatic carbocycles. The molecule has 0 unspecified atom stereocenters. The van der Waals surface area contributed by atoms with Crippen molar-refractivity contribution in [2.75, 3.05) is 11.4 Å². The number of hydrogen-bond donors (Lipinski definition) is 2. The molecule has 2 aromatic rings. The fourth-order valence-electron chi connectivity index (χ4n) is 2.06. The van der Waals surface area contributed by atoms with Gasteiger partial charge in [0.25, 0.3) is 0 Å². The van der Waals surface area contributed by atoms with Gasteiger partial charge in [-0.15, -0.1) is 0 Å². The Morgan fingerprint density at radius 3 is 2.89 bits per heavy atom. The van der Waals surface area contributed by atoms with E-state index in [1.54, 1.807) is 18.3 Å². The van der Waals surface area contributed by atoms with Gasteiger partial charge in [-0.1, -0.05) is 0 Å². The summed E-state index contributed by atoms with van der Waals surface area (Å²) in [5.41, 5.74) is 0.922. The van der Waals surface area contributed by atoms with Crippen LogP contribution in [0, 0.1) is 5.82 Å². The molecule has 1 aromatic carbocycles. The Balaban J connectivity index is 2.05. The molecule has 5 nitrogen and oxygen atoms in total. The Morgan fingerprint density at radius 2 is 2.11 bits per heavy atom. The molecule has 0 bridgehead atoms. The SMILES string of the molecule is O=C1CCN(c2cc3[nH]ccc3cc2F)C(=O)N1. The van der Waals surface area contributed by atoms with Crippen molar-refractivity contribution in [2.45, 2.75) is 6.42 Å². The number of halogens is 1. The van der Waals surface area contributed by atoms with E-state index in [9.17, 15) is 14.0 Å². The van der Waals surface area contributed by atoms with Gasteiger partial charge in [0.05, 0.1) is 5.69 Å². The van der Waals surface area contributed by atoms with Gasteiger partial charge in [0, 0.05) is 30.1 Å². The number of aromatic amines is 1. The lowest BCUT2D eigenvalue weighted by atomic mass is 10.2. The van der Waals surface area contributed by atoms with Crippen LogP contribution in [0.2, 0.25) is 0 Å². The highest BCUT2D eigenvalue weighted by atomic mass is 19.1. The largest absolute Gasteiger partial charge is 0.361 e. The molecule has 3 amide bonds. The lowest BCUT2D eigenvalue weighted by Crippen LogP contribution is -2.49. The highest BCUT2D eigenvalue weighted by molar-refractivity contribution is 6.06. The fraction of sp³-hybridized carbons (Fsp3) is 0.167. The number of amides is 3. The standard InChI is InChI=1S/C12H10FN3O2/c13-8-5-7-1-3-14-9(7)6-10(8)16-4-2-11(17)15-12(16)18/h1,3,5-6,14H,2,4H2,(H,15,17,18). The second-order valence-corrected chi connectivity index (χ2v) is 4.12. The van der Waals surface area contributed by atoms with E-state index in [4.69, 9.17) is 0 Å². The number of nitrogens with zero attached hydrogens (tertiary/aromatic N) is 1. The second-order valence-electron chi connectivity index (χ2n) is 4.12. The van der Waals surface area contributed by atoms with E-state index in [1.807, 2.05) is 0 Å². The number of fused-ring (bicyclic) bond motifs is 1. The van der Waals surface area contributed by atoms with Crippen LogP contribution < -0.4 is 10.2 Å². The summed E-state index contributed by atoms with van der Waals surface area (Å²) in [6.07, 6.45) is 1.88. The number of carbonyl (C=O) groups is 2. The van der Waals surface area contributed by atoms with Crippen molar-refractivity contribution >= 4 is 28.5 Å². The molecule has 1 fully saturated rings. The van der Waals surface area contributed by atoms with Gasteiger partial charge in [-0.3, -0.25) is 15.0 Å². The van der Waals surface area contributed by atoms with Crippen LogP contribution in [-0.2, 0) is 4.79 Å². The molecular formula is C12H10FN3O2. The first-order valence-corrected chi connectivity index (χ1v) is 5.53. The van der Waals surface area contributed by atoms with Gasteiger partial charge in [-0.2, -0.15) is 0 Å². The number of nitrogens with one attached hydrogen (secondary N) is 2. The highest BCUT2D eigenvalue weighted by Crippen LogP contribution is 2.26. The predicted octanol–water partition coefficient (Wildman–Crippen LogP) is 1.75. The van der Waals surface area contributed by atoms with Crippen LogP contribution in [0.1, 0.15) is 6.42 Å². The number of rotatable bonds is 1. The molecule has 0 saturated carbocycles. The molecule has 0 radical (unpaired) electrons. The molecule has 92 valence electrons. The van der Waals surface area contributed by atoms with E-state index in [2.05, 4.69) is 10.3 Å². The quantitative estimate of drug-likeness (QED) is 0.806. The third kappa shape index (κ3) is 1.62. The molecule has 3 rings (SSSR count). The highest BCUT2D eigenvalue weighted by Gasteiger charge is 2.26. The van der Waals surface area contributed by atoms with Crippen LogP contribution >= 0.6 is 0 Å². The molecule has 1 aliphatic heterocycles. The Kier molecular flexibility index (Phi) is 2.29. The number of hydrogen-bond acceptors (Lipinski definition) is 2. The first-order valence-electron chi connectivity index (χ1n) is 5.53. The van der Waals surface area contributed by atoms with Crippen molar-refractivity contribution < 1.29 is 14.0 Å². The Bertz CT molecular complexity index is 650. The van der Waals surface area contributed by atoms with E-state index in [0.717, 1.165) is 10.9 Å². The number of urea groups is 1. The topological polar surface area (TPSA) is 65.2 Å². The number of benzene rings is 1. The lowest BCUT2D eigenvalue weighted by Gasteiger charge is -2.26. The number of anilines is 1. The molecule has 6 heteroatoms. The van der Waals surface area contributed by atoms with Crippen molar-refractivity contribution in [3.63, 3.8) is 0 Å². The minimum absolute atomic E-state index is 0.175. The summed E-state index contributed by atoms with van der Waals surface area (Å²) in [5.74, 6) is -0.816. The van der Waals surface area contributed by atoms with Crippen LogP contribution in [-0.4, -0.2) is 23.5 Å². The zero-order chi connectivity index (χ0) is 12.7. The van der Waals surface area contributed by atoms with Gasteiger partial charge in [0.2, 0.25) is 5.91 Å². The van der Waals surface area contributed by atoms with Gasteiger partial charge in [-0.05, 0) is 18.2 Å². The van der Waals surface area contributed by atoms with Crippen molar-refractivity contribution in [1.29, 1.82) is 0 Å². The van der Waals surface area contributed by atoms with Crippen LogP contribution in [0.4, 0.5) is 14.9 Å². The number of carbonyl (C=O) groups excluding carboxylic acids is 2. The van der Waals surface area contributed by atoms with Gasteiger partial charge >= 0.3 is 6.03 Å². The van der Waals surface area contributed by atoms with Crippen molar-refractivity contribution in [3.05, 3.63) is 30.2 Å². The zero-order valence-electron chi connectivity index (χ0n) is 9.37. The first kappa shape index (κ1) is 10.8. The fourth-order valence-corrected chi connectivity index (χ4v) is 2.06. The molecule has 18 heavy (non-hydrogen) atoms. The van der Waals surface area contributed by atoms with Crippen LogP contribution in [0.25, 0.3) is 10.9 Å². The minimum Gasteiger partial charge on any atom is -0.361 e. The molecule has 0 spiro atoms. The average Bonchev–Trinajstić information content (AvgIpc) is 2.75. The van der Waals surface area contributed by atoms with E-state index >= 15 is 0 Å². The molecule has 1 aliphatic rings. The molecule has 2 N–H and O–H groups in total. The second kappa shape index (κ2) is 3.83. The minimum atomic E-state index is -0.587. The maximum Gasteiger partial charge on any atom is 0.328 e. The number of imide groups is 1. The molecule has 2 heterocycles. The van der Waals surface area contributed by atoms with Crippen LogP contribution in [0.15, 0.2) is 24.4 Å². The van der Waals surface area contributed by atoms with E-state index in [1.165, 1.54) is 11.0 Å². The molecule has 1 saturated heterocycles. The normalized spacial score (nSPS) is 16.2. The van der Waals surface area contributed by atoms with Crippen LogP contribution in [0.3, 0.4) is 0 Å². The Morgan fingerprint density at radius 1 is 1.28 bits per heavy atom. The predicted molar refractivity (Wildman–Crippen MR) is 63.8 cm³/mol. The van der Waals surface area contributed by atoms with E-state index in [-0.39, 0.29) is 24.6 Å². The summed E-state index contributed by atoms with van der Waals surface area (Å²) in [6.45, 7) is 0.188. The number of H-pyrrole nitrogens is 1. The monoisotopic (exact) mass is 247 g/mol. The first-order chi connectivity index (χ1) is 8.65. The van der Waals surface area contributed by atoms with Gasteiger partial charge < -0.3 is 4.98 Å². The van der Waals surface area contributed by atoms with Gasteiger partial charge in [0.1, 0.15) is 5.82 Å². The van der Waals surface area contributed by atoms with Crippen molar-refractivity contribution in [1.82, 2.24) is 10.3 Å². The molecule has 1 aromatic heterocycles. The third-order valence-electron chi connectivity index (χ3n) is 2.97. The Labute approximate surface area is 102 Å². The third-order valence-corrected chi connectivity index (χ3v) is 2.97. The summed E-state index contributed by atoms with van der Waals surface area (Å²) in [4.78, 5) is 26.9. The summed E-state index contributed by atoms with van der Waals surface area (Å²) >= 11 is 0. The molecule has 0 atom stereocenters. The van der Waals surface area contributed by atoms with Crippen molar-refractivity contribution in [2.24, 2.45) is 0 Å². The Hall–Kier alpha value is -2.37. The van der Waals surface area contributed by atoms with Gasteiger partial charge in [0.15, 0.2) is 0 Å². The summed E-state index contributed by atoms with van der Waals surface area (Å²) in [7, 11) is 0. The summed E-state index contributed by atoms with van der Waals surface area (Å²) < 4.78 is 13.9. The van der Waals surface area contributed by atoms with Gasteiger partial charge in [-0.25, -0.2) is 9.18 Å². The molecular weight excluding hydrogens is 237 g/mol. The van der Waals surface area contributed by atoms with E-state index < -0.39 is 11.8 Å². The summed E-state index contributed by atoms with van der Waals surface area (Å²) in [6, 6.07) is 4.10. The number of aromatic nitrogens is 1.